The van der Waals surface area contributed by atoms with Crippen LogP contribution in [0.25, 0.3) is 11.5 Å². The third kappa shape index (κ3) is 3.22. The van der Waals surface area contributed by atoms with Gasteiger partial charge in [0.2, 0.25) is 5.89 Å². The maximum Gasteiger partial charge on any atom is 0.280 e. The topological polar surface area (TPSA) is 59.2 Å². The molecule has 3 aromatic rings. The standard InChI is InChI=1S/C20H18FN3O2/c21-15-7-9-17(10-8-15)24(16-5-1-2-6-16)20(25)18-13-26-19(23-18)14-4-3-11-22-12-14/h3-4,7-13,16H,1-2,5-6H2. The molecule has 0 aliphatic heterocycles. The van der Waals surface area contributed by atoms with Gasteiger partial charge in [0, 0.05) is 24.1 Å². The second-order valence-electron chi connectivity index (χ2n) is 6.37. The number of anilines is 1. The fraction of sp³-hybridized carbons (Fsp3) is 0.250. The van der Waals surface area contributed by atoms with Gasteiger partial charge in [0.15, 0.2) is 5.69 Å². The molecule has 4 rings (SSSR count). The quantitative estimate of drug-likeness (QED) is 0.696. The fourth-order valence-electron chi connectivity index (χ4n) is 3.38. The molecule has 1 aliphatic carbocycles. The molecule has 26 heavy (non-hydrogen) atoms. The largest absolute Gasteiger partial charge is 0.444 e. The molecule has 0 unspecified atom stereocenters. The molecule has 0 saturated heterocycles. The zero-order valence-electron chi connectivity index (χ0n) is 14.1. The second-order valence-corrected chi connectivity index (χ2v) is 6.37. The van der Waals surface area contributed by atoms with Crippen LogP contribution in [0.2, 0.25) is 0 Å². The number of pyridine rings is 1. The first-order valence-corrected chi connectivity index (χ1v) is 8.67. The van der Waals surface area contributed by atoms with Gasteiger partial charge < -0.3 is 9.32 Å². The van der Waals surface area contributed by atoms with Gasteiger partial charge in [-0.3, -0.25) is 9.78 Å². The average molecular weight is 351 g/mol. The van der Waals surface area contributed by atoms with E-state index in [9.17, 15) is 9.18 Å². The van der Waals surface area contributed by atoms with Crippen LogP contribution in [-0.2, 0) is 0 Å². The van der Waals surface area contributed by atoms with Gasteiger partial charge in [0.25, 0.3) is 5.91 Å². The molecule has 0 radical (unpaired) electrons. The maximum atomic E-state index is 13.3. The summed E-state index contributed by atoms with van der Waals surface area (Å²) in [5.74, 6) is -0.206. The summed E-state index contributed by atoms with van der Waals surface area (Å²) < 4.78 is 18.8. The lowest BCUT2D eigenvalue weighted by atomic mass is 10.1. The van der Waals surface area contributed by atoms with Gasteiger partial charge in [-0.05, 0) is 49.2 Å². The molecule has 0 spiro atoms. The molecule has 0 atom stereocenters. The third-order valence-corrected chi connectivity index (χ3v) is 4.65. The molecular formula is C20H18FN3O2. The van der Waals surface area contributed by atoms with Gasteiger partial charge >= 0.3 is 0 Å². The van der Waals surface area contributed by atoms with Crippen molar-refractivity contribution in [2.75, 3.05) is 4.90 Å². The van der Waals surface area contributed by atoms with E-state index >= 15 is 0 Å². The lowest BCUT2D eigenvalue weighted by Crippen LogP contribution is -2.39. The number of rotatable bonds is 4. The number of amides is 1. The van der Waals surface area contributed by atoms with Crippen LogP contribution in [0.3, 0.4) is 0 Å². The number of carbonyl (C=O) groups is 1. The van der Waals surface area contributed by atoms with E-state index in [-0.39, 0.29) is 23.5 Å². The highest BCUT2D eigenvalue weighted by Crippen LogP contribution is 2.30. The summed E-state index contributed by atoms with van der Waals surface area (Å²) in [5.41, 5.74) is 1.62. The molecular weight excluding hydrogens is 333 g/mol. The number of benzene rings is 1. The minimum absolute atomic E-state index is 0.0894. The zero-order valence-corrected chi connectivity index (χ0v) is 14.1. The van der Waals surface area contributed by atoms with E-state index < -0.39 is 0 Å². The van der Waals surface area contributed by atoms with Crippen molar-refractivity contribution in [3.63, 3.8) is 0 Å². The highest BCUT2D eigenvalue weighted by Gasteiger charge is 2.30. The SMILES string of the molecule is O=C(c1coc(-c2cccnc2)n1)N(c1ccc(F)cc1)C1CCCC1. The van der Waals surface area contributed by atoms with Crippen LogP contribution >= 0.6 is 0 Å². The summed E-state index contributed by atoms with van der Waals surface area (Å²) in [4.78, 5) is 23.3. The molecule has 1 amide bonds. The Balaban J connectivity index is 1.66. The Morgan fingerprint density at radius 1 is 1.15 bits per heavy atom. The predicted molar refractivity (Wildman–Crippen MR) is 95.2 cm³/mol. The molecule has 1 aliphatic rings. The minimum atomic E-state index is -0.326. The number of hydrogen-bond donors (Lipinski definition) is 0. The smallest absolute Gasteiger partial charge is 0.280 e. The number of hydrogen-bond acceptors (Lipinski definition) is 4. The first-order valence-electron chi connectivity index (χ1n) is 8.67. The molecule has 1 saturated carbocycles. The van der Waals surface area contributed by atoms with Gasteiger partial charge in [-0.1, -0.05) is 12.8 Å². The minimum Gasteiger partial charge on any atom is -0.444 e. The maximum absolute atomic E-state index is 13.3. The van der Waals surface area contributed by atoms with Gasteiger partial charge in [-0.2, -0.15) is 0 Å². The number of oxazole rings is 1. The highest BCUT2D eigenvalue weighted by atomic mass is 19.1. The zero-order chi connectivity index (χ0) is 17.9. The first kappa shape index (κ1) is 16.4. The Kier molecular flexibility index (Phi) is 4.48. The van der Waals surface area contributed by atoms with E-state index in [2.05, 4.69) is 9.97 Å². The number of halogens is 1. The summed E-state index contributed by atoms with van der Waals surface area (Å²) in [6.07, 6.45) is 8.68. The van der Waals surface area contributed by atoms with E-state index in [1.165, 1.54) is 18.4 Å². The van der Waals surface area contributed by atoms with E-state index in [1.54, 1.807) is 35.5 Å². The molecule has 1 aromatic carbocycles. The van der Waals surface area contributed by atoms with E-state index in [1.807, 2.05) is 6.07 Å². The van der Waals surface area contributed by atoms with Crippen molar-refractivity contribution in [1.29, 1.82) is 0 Å². The molecule has 5 nitrogen and oxygen atoms in total. The van der Waals surface area contributed by atoms with Crippen LogP contribution in [-0.4, -0.2) is 21.9 Å². The van der Waals surface area contributed by atoms with Gasteiger partial charge in [-0.15, -0.1) is 0 Å². The van der Waals surface area contributed by atoms with E-state index in [4.69, 9.17) is 4.42 Å². The number of carbonyl (C=O) groups excluding carboxylic acids is 1. The summed E-state index contributed by atoms with van der Waals surface area (Å²) >= 11 is 0. The van der Waals surface area contributed by atoms with Gasteiger partial charge in [0.1, 0.15) is 12.1 Å². The summed E-state index contributed by atoms with van der Waals surface area (Å²) in [7, 11) is 0. The Morgan fingerprint density at radius 2 is 1.92 bits per heavy atom. The molecule has 0 N–H and O–H groups in total. The molecule has 2 aromatic heterocycles. The fourth-order valence-corrected chi connectivity index (χ4v) is 3.38. The van der Waals surface area contributed by atoms with Crippen LogP contribution in [0.1, 0.15) is 36.2 Å². The normalized spacial score (nSPS) is 14.5. The number of nitrogens with zero attached hydrogens (tertiary/aromatic N) is 3. The van der Waals surface area contributed by atoms with Gasteiger partial charge in [0.05, 0.1) is 5.56 Å². The molecule has 0 bridgehead atoms. The highest BCUT2D eigenvalue weighted by molar-refractivity contribution is 6.05. The molecule has 2 heterocycles. The predicted octanol–water partition coefficient (Wildman–Crippen LogP) is 4.47. The second kappa shape index (κ2) is 7.07. The van der Waals surface area contributed by atoms with Crippen molar-refractivity contribution < 1.29 is 13.6 Å². The molecule has 1 fully saturated rings. The van der Waals surface area contributed by atoms with Crippen LogP contribution in [0.5, 0.6) is 0 Å². The monoisotopic (exact) mass is 351 g/mol. The third-order valence-electron chi connectivity index (χ3n) is 4.65. The Hall–Kier alpha value is -3.02. The van der Waals surface area contributed by atoms with Crippen molar-refractivity contribution >= 4 is 11.6 Å². The van der Waals surface area contributed by atoms with Crippen molar-refractivity contribution in [3.05, 3.63) is 66.6 Å². The van der Waals surface area contributed by atoms with Crippen LogP contribution < -0.4 is 4.90 Å². The van der Waals surface area contributed by atoms with Crippen molar-refractivity contribution in [1.82, 2.24) is 9.97 Å². The Labute approximate surface area is 150 Å². The molecule has 132 valence electrons. The van der Waals surface area contributed by atoms with Crippen molar-refractivity contribution in [2.45, 2.75) is 31.7 Å². The van der Waals surface area contributed by atoms with Crippen LogP contribution in [0, 0.1) is 5.82 Å². The van der Waals surface area contributed by atoms with Crippen molar-refractivity contribution in [3.8, 4) is 11.5 Å². The van der Waals surface area contributed by atoms with Crippen molar-refractivity contribution in [2.24, 2.45) is 0 Å². The number of aromatic nitrogens is 2. The lowest BCUT2D eigenvalue weighted by Gasteiger charge is -2.28. The van der Waals surface area contributed by atoms with E-state index in [0.717, 1.165) is 25.7 Å². The Morgan fingerprint density at radius 3 is 2.62 bits per heavy atom. The van der Waals surface area contributed by atoms with Gasteiger partial charge in [-0.25, -0.2) is 9.37 Å². The van der Waals surface area contributed by atoms with E-state index in [0.29, 0.717) is 17.1 Å². The summed E-state index contributed by atoms with van der Waals surface area (Å²) in [6.45, 7) is 0. The van der Waals surface area contributed by atoms with Crippen LogP contribution in [0.4, 0.5) is 10.1 Å². The summed E-state index contributed by atoms with van der Waals surface area (Å²) in [5, 5.41) is 0. The lowest BCUT2D eigenvalue weighted by molar-refractivity contribution is 0.0972. The average Bonchev–Trinajstić information content (AvgIpc) is 3.36. The summed E-state index contributed by atoms with van der Waals surface area (Å²) in [6, 6.07) is 9.70. The van der Waals surface area contributed by atoms with Crippen LogP contribution in [0.15, 0.2) is 59.5 Å². The molecule has 6 heteroatoms. The Bertz CT molecular complexity index is 887. The first-order chi connectivity index (χ1) is 12.7.